The zero-order valence-electron chi connectivity index (χ0n) is 14.5. The summed E-state index contributed by atoms with van der Waals surface area (Å²) in [4.78, 5) is 20.2. The van der Waals surface area contributed by atoms with E-state index in [1.807, 2.05) is 48.7 Å². The second-order valence-corrected chi connectivity index (χ2v) is 7.85. The van der Waals surface area contributed by atoms with Crippen LogP contribution >= 0.6 is 23.1 Å². The van der Waals surface area contributed by atoms with Gasteiger partial charge in [-0.25, -0.2) is 9.78 Å². The van der Waals surface area contributed by atoms with Crippen LogP contribution in [0.4, 0.5) is 5.13 Å². The third-order valence-corrected chi connectivity index (χ3v) is 6.13. The third kappa shape index (κ3) is 3.24. The van der Waals surface area contributed by atoms with Gasteiger partial charge in [0.05, 0.1) is 30.5 Å². The molecular weight excluding hydrogens is 368 g/mol. The minimum Gasteiger partial charge on any atom is -0.494 e. The van der Waals surface area contributed by atoms with Crippen LogP contribution in [0.25, 0.3) is 10.2 Å². The molecule has 1 fully saturated rings. The first-order chi connectivity index (χ1) is 12.7. The van der Waals surface area contributed by atoms with Gasteiger partial charge in [-0.05, 0) is 42.7 Å². The normalized spacial score (nSPS) is 14.3. The number of methoxy groups -OCH3 is 1. The number of hydrogen-bond donors (Lipinski definition) is 0. The molecule has 2 aromatic carbocycles. The van der Waals surface area contributed by atoms with Crippen molar-refractivity contribution >= 4 is 44.4 Å². The van der Waals surface area contributed by atoms with Gasteiger partial charge in [0.15, 0.2) is 5.13 Å². The van der Waals surface area contributed by atoms with Crippen LogP contribution < -0.4 is 9.64 Å². The Labute approximate surface area is 159 Å². The lowest BCUT2D eigenvalue weighted by atomic mass is 10.2. The number of fused-ring (bicyclic) bond motifs is 1. The minimum atomic E-state index is -0.270. The number of esters is 1. The number of carbonyl (C=O) groups is 1. The monoisotopic (exact) mass is 386 g/mol. The Bertz CT molecular complexity index is 934. The zero-order valence-corrected chi connectivity index (χ0v) is 16.1. The highest BCUT2D eigenvalue weighted by Crippen LogP contribution is 2.36. The second kappa shape index (κ2) is 7.17. The molecule has 0 N–H and O–H groups in total. The molecule has 0 atom stereocenters. The van der Waals surface area contributed by atoms with Crippen LogP contribution in [0.1, 0.15) is 10.4 Å². The Balaban J connectivity index is 1.38. The van der Waals surface area contributed by atoms with E-state index in [1.165, 1.54) is 0 Å². The van der Waals surface area contributed by atoms with Gasteiger partial charge in [-0.3, -0.25) is 0 Å². The number of para-hydroxylation sites is 1. The molecule has 5 nitrogen and oxygen atoms in total. The third-order valence-electron chi connectivity index (χ3n) is 4.31. The smallest absolute Gasteiger partial charge is 0.338 e. The van der Waals surface area contributed by atoms with E-state index < -0.39 is 0 Å². The number of aromatic nitrogens is 1. The van der Waals surface area contributed by atoms with E-state index in [2.05, 4.69) is 9.88 Å². The molecule has 0 spiro atoms. The number of nitrogens with zero attached hydrogens (tertiary/aromatic N) is 2. The number of thioether (sulfide) groups is 1. The van der Waals surface area contributed by atoms with E-state index in [0.717, 1.165) is 26.0 Å². The van der Waals surface area contributed by atoms with Crippen molar-refractivity contribution < 1.29 is 14.3 Å². The van der Waals surface area contributed by atoms with Crippen molar-refractivity contribution in [3.63, 3.8) is 0 Å². The number of hydrogen-bond acceptors (Lipinski definition) is 7. The molecule has 1 aromatic heterocycles. The summed E-state index contributed by atoms with van der Waals surface area (Å²) in [5, 5.41) is 0.932. The number of thiazole rings is 1. The van der Waals surface area contributed by atoms with Crippen molar-refractivity contribution in [1.29, 1.82) is 0 Å². The number of anilines is 1. The van der Waals surface area contributed by atoms with E-state index in [-0.39, 0.29) is 12.1 Å². The maximum absolute atomic E-state index is 12.2. The Morgan fingerprint density at radius 1 is 1.23 bits per heavy atom. The molecule has 4 rings (SSSR count). The summed E-state index contributed by atoms with van der Waals surface area (Å²) >= 11 is 3.27. The maximum Gasteiger partial charge on any atom is 0.338 e. The topological polar surface area (TPSA) is 51.7 Å². The number of rotatable bonds is 5. The molecule has 0 radical (unpaired) electrons. The molecule has 7 heteroatoms. The van der Waals surface area contributed by atoms with Crippen LogP contribution in [0.5, 0.6) is 5.75 Å². The summed E-state index contributed by atoms with van der Waals surface area (Å²) in [5.74, 6) is 0.510. The minimum absolute atomic E-state index is 0.100. The van der Waals surface area contributed by atoms with Gasteiger partial charge in [0.1, 0.15) is 17.4 Å². The average molecular weight is 386 g/mol. The quantitative estimate of drug-likeness (QED) is 0.487. The van der Waals surface area contributed by atoms with Gasteiger partial charge in [-0.2, -0.15) is 0 Å². The van der Waals surface area contributed by atoms with Crippen molar-refractivity contribution in [2.24, 2.45) is 0 Å². The molecule has 1 aliphatic heterocycles. The number of carbonyl (C=O) groups excluding carboxylic acids is 1. The Morgan fingerprint density at radius 2 is 2.00 bits per heavy atom. The lowest BCUT2D eigenvalue weighted by molar-refractivity contribution is 0.0234. The van der Waals surface area contributed by atoms with Crippen LogP contribution in [0.15, 0.2) is 47.4 Å². The first-order valence-electron chi connectivity index (χ1n) is 8.21. The summed E-state index contributed by atoms with van der Waals surface area (Å²) < 4.78 is 12.0. The van der Waals surface area contributed by atoms with Crippen LogP contribution in [-0.2, 0) is 4.74 Å². The van der Waals surface area contributed by atoms with Crippen molar-refractivity contribution in [3.05, 3.63) is 48.0 Å². The first kappa shape index (κ1) is 17.2. The van der Waals surface area contributed by atoms with E-state index in [4.69, 9.17) is 9.47 Å². The average Bonchev–Trinajstić information content (AvgIpc) is 3.07. The molecule has 0 bridgehead atoms. The number of ether oxygens (including phenoxy) is 2. The van der Waals surface area contributed by atoms with Gasteiger partial charge in [-0.15, -0.1) is 11.8 Å². The molecule has 0 saturated carbocycles. The fraction of sp³-hybridized carbons (Fsp3) is 0.263. The number of benzene rings is 2. The molecule has 134 valence electrons. The van der Waals surface area contributed by atoms with E-state index in [9.17, 15) is 4.79 Å². The SMILES string of the molecule is COc1cccc2sc(N3CC(OC(=O)c4ccc(SC)cc4)C3)nc12. The van der Waals surface area contributed by atoms with Crippen LogP contribution in [-0.4, -0.2) is 43.5 Å². The van der Waals surface area contributed by atoms with Gasteiger partial charge < -0.3 is 14.4 Å². The Kier molecular flexibility index (Phi) is 4.74. The zero-order chi connectivity index (χ0) is 18.1. The summed E-state index contributed by atoms with van der Waals surface area (Å²) in [6.45, 7) is 1.33. The van der Waals surface area contributed by atoms with Gasteiger partial charge in [0, 0.05) is 4.90 Å². The van der Waals surface area contributed by atoms with Crippen LogP contribution in [0.3, 0.4) is 0 Å². The van der Waals surface area contributed by atoms with Crippen LogP contribution in [0, 0.1) is 0 Å². The molecule has 0 unspecified atom stereocenters. The van der Waals surface area contributed by atoms with Crippen molar-refractivity contribution in [2.75, 3.05) is 31.4 Å². The molecule has 0 amide bonds. The molecule has 3 aromatic rings. The van der Waals surface area contributed by atoms with Crippen molar-refractivity contribution in [1.82, 2.24) is 4.98 Å². The largest absolute Gasteiger partial charge is 0.494 e. The lowest BCUT2D eigenvalue weighted by Crippen LogP contribution is -2.53. The van der Waals surface area contributed by atoms with Gasteiger partial charge in [0.2, 0.25) is 0 Å². The molecule has 1 aliphatic rings. The highest BCUT2D eigenvalue weighted by atomic mass is 32.2. The molecule has 1 saturated heterocycles. The second-order valence-electron chi connectivity index (χ2n) is 5.96. The predicted molar refractivity (Wildman–Crippen MR) is 106 cm³/mol. The standard InChI is InChI=1S/C19H18N2O3S2/c1-23-15-4-3-5-16-17(15)20-19(26-16)21-10-13(11-21)24-18(22)12-6-8-14(25-2)9-7-12/h3-9,13H,10-11H2,1-2H3. The highest BCUT2D eigenvalue weighted by Gasteiger charge is 2.32. The molecule has 2 heterocycles. The molecular formula is C19H18N2O3S2. The van der Waals surface area contributed by atoms with E-state index in [1.54, 1.807) is 30.2 Å². The molecule has 0 aliphatic carbocycles. The van der Waals surface area contributed by atoms with E-state index in [0.29, 0.717) is 18.7 Å². The van der Waals surface area contributed by atoms with Crippen molar-refractivity contribution in [2.45, 2.75) is 11.0 Å². The highest BCUT2D eigenvalue weighted by molar-refractivity contribution is 7.98. The summed E-state index contributed by atoms with van der Waals surface area (Å²) in [6, 6.07) is 13.4. The van der Waals surface area contributed by atoms with Gasteiger partial charge in [-0.1, -0.05) is 17.4 Å². The van der Waals surface area contributed by atoms with Crippen molar-refractivity contribution in [3.8, 4) is 5.75 Å². The van der Waals surface area contributed by atoms with E-state index >= 15 is 0 Å². The Hall–Kier alpha value is -2.25. The first-order valence-corrected chi connectivity index (χ1v) is 10.3. The van der Waals surface area contributed by atoms with Gasteiger partial charge in [0.25, 0.3) is 0 Å². The Morgan fingerprint density at radius 3 is 2.69 bits per heavy atom. The summed E-state index contributed by atoms with van der Waals surface area (Å²) in [5.41, 5.74) is 1.47. The molecule has 26 heavy (non-hydrogen) atoms. The fourth-order valence-electron chi connectivity index (χ4n) is 2.83. The predicted octanol–water partition coefficient (Wildman–Crippen LogP) is 4.07. The van der Waals surface area contributed by atoms with Crippen LogP contribution in [0.2, 0.25) is 0 Å². The summed E-state index contributed by atoms with van der Waals surface area (Å²) in [7, 11) is 1.65. The maximum atomic E-state index is 12.2. The fourth-order valence-corrected chi connectivity index (χ4v) is 4.24. The lowest BCUT2D eigenvalue weighted by Gasteiger charge is -2.38. The summed E-state index contributed by atoms with van der Waals surface area (Å²) in [6.07, 6.45) is 1.91. The van der Waals surface area contributed by atoms with Gasteiger partial charge >= 0.3 is 5.97 Å².